The Morgan fingerprint density at radius 1 is 1.04 bits per heavy atom. The van der Waals surface area contributed by atoms with E-state index in [2.05, 4.69) is 20.4 Å². The van der Waals surface area contributed by atoms with E-state index in [1.54, 1.807) is 0 Å². The predicted octanol–water partition coefficient (Wildman–Crippen LogP) is 4.09. The number of halogens is 6. The van der Waals surface area contributed by atoms with Crippen molar-refractivity contribution in [2.75, 3.05) is 12.4 Å². The first kappa shape index (κ1) is 19.7. The van der Waals surface area contributed by atoms with Crippen LogP contribution in [0.1, 0.15) is 22.6 Å². The van der Waals surface area contributed by atoms with Crippen molar-refractivity contribution in [1.82, 2.24) is 19.6 Å². The number of aryl methyl sites for hydroxylation is 1. The van der Waals surface area contributed by atoms with E-state index in [0.717, 1.165) is 10.6 Å². The van der Waals surface area contributed by atoms with Crippen LogP contribution in [0.5, 0.6) is 5.75 Å². The molecule has 0 aliphatic carbocycles. The number of ether oxygens (including phenoxy) is 1. The minimum atomic E-state index is -4.78. The maximum Gasteiger partial charge on any atom is 0.453 e. The molecule has 0 aliphatic rings. The fraction of sp³-hybridized carbons (Fsp3) is 0.312. The molecule has 1 N–H and O–H groups in total. The summed E-state index contributed by atoms with van der Waals surface area (Å²) in [7, 11) is 1.24. The number of fused-ring (bicyclic) bond motifs is 1. The molecule has 150 valence electrons. The minimum Gasteiger partial charge on any atom is -0.497 e. The fourth-order valence-electron chi connectivity index (χ4n) is 2.52. The van der Waals surface area contributed by atoms with Crippen LogP contribution in [-0.2, 0) is 18.9 Å². The highest BCUT2D eigenvalue weighted by atomic mass is 19.4. The normalized spacial score (nSPS) is 12.4. The van der Waals surface area contributed by atoms with Gasteiger partial charge in [-0.3, -0.25) is 0 Å². The Morgan fingerprint density at radius 2 is 1.75 bits per heavy atom. The third-order valence-corrected chi connectivity index (χ3v) is 3.78. The number of rotatable bonds is 4. The van der Waals surface area contributed by atoms with E-state index in [1.807, 2.05) is 0 Å². The van der Waals surface area contributed by atoms with E-state index in [0.29, 0.717) is 5.69 Å². The van der Waals surface area contributed by atoms with Gasteiger partial charge in [-0.15, -0.1) is 5.10 Å². The van der Waals surface area contributed by atoms with Gasteiger partial charge >= 0.3 is 12.4 Å². The van der Waals surface area contributed by atoms with Gasteiger partial charge in [0.1, 0.15) is 11.6 Å². The molecule has 0 fully saturated rings. The summed E-state index contributed by atoms with van der Waals surface area (Å²) in [4.78, 5) is 7.18. The summed E-state index contributed by atoms with van der Waals surface area (Å²) in [6, 6.07) is 4.79. The Bertz CT molecular complexity index is 1010. The molecule has 2 aromatic heterocycles. The Labute approximate surface area is 154 Å². The second-order valence-electron chi connectivity index (χ2n) is 5.80. The molecule has 12 heteroatoms. The van der Waals surface area contributed by atoms with Gasteiger partial charge in [0.05, 0.1) is 12.7 Å². The van der Waals surface area contributed by atoms with Gasteiger partial charge in [0.25, 0.3) is 11.6 Å². The number of benzene rings is 1. The van der Waals surface area contributed by atoms with Gasteiger partial charge in [0, 0.05) is 18.3 Å². The monoisotopic (exact) mass is 405 g/mol. The van der Waals surface area contributed by atoms with Crippen molar-refractivity contribution in [1.29, 1.82) is 0 Å². The first-order valence-corrected chi connectivity index (χ1v) is 7.78. The van der Waals surface area contributed by atoms with Crippen LogP contribution in [0.4, 0.5) is 32.2 Å². The molecule has 3 rings (SSSR count). The van der Waals surface area contributed by atoms with Gasteiger partial charge in [-0.25, -0.2) is 4.98 Å². The Morgan fingerprint density at radius 3 is 2.36 bits per heavy atom. The van der Waals surface area contributed by atoms with Crippen LogP contribution in [0.2, 0.25) is 0 Å². The van der Waals surface area contributed by atoms with E-state index in [9.17, 15) is 26.3 Å². The molecule has 0 saturated heterocycles. The van der Waals surface area contributed by atoms with Crippen molar-refractivity contribution in [2.24, 2.45) is 0 Å². The molecule has 0 aliphatic heterocycles. The van der Waals surface area contributed by atoms with Crippen LogP contribution in [0, 0.1) is 6.92 Å². The summed E-state index contributed by atoms with van der Waals surface area (Å²) < 4.78 is 84.0. The number of methoxy groups -OCH3 is 1. The summed E-state index contributed by atoms with van der Waals surface area (Å²) in [6.45, 7) is 1.19. The summed E-state index contributed by atoms with van der Waals surface area (Å²) in [6.07, 6.45) is -9.41. The maximum absolute atomic E-state index is 13.3. The first-order chi connectivity index (χ1) is 13.0. The second kappa shape index (κ2) is 6.84. The van der Waals surface area contributed by atoms with Gasteiger partial charge < -0.3 is 10.1 Å². The number of aromatic nitrogens is 4. The number of hydrogen-bond donors (Lipinski definition) is 1. The Hall–Kier alpha value is -3.05. The van der Waals surface area contributed by atoms with Crippen molar-refractivity contribution < 1.29 is 31.1 Å². The van der Waals surface area contributed by atoms with Gasteiger partial charge in [-0.1, -0.05) is 6.07 Å². The third kappa shape index (κ3) is 3.94. The number of nitrogens with zero attached hydrogens (tertiary/aromatic N) is 4. The van der Waals surface area contributed by atoms with Gasteiger partial charge in [-0.2, -0.15) is 35.8 Å². The molecule has 1 aromatic carbocycles. The van der Waals surface area contributed by atoms with Crippen molar-refractivity contribution in [3.05, 3.63) is 46.9 Å². The molecular formula is C16H13F6N5O. The standard InChI is InChI=1S/C16H13F6N5O/c1-8-5-12(27-14(24-8)25-13(26-27)16(20,21)22)23-7-9-3-4-10(28-2)6-11(9)15(17,18)19/h3-6,23H,7H2,1-2H3. The SMILES string of the molecule is COc1ccc(CNc2cc(C)nc3nc(C(F)(F)F)nn23)c(C(F)(F)F)c1. The van der Waals surface area contributed by atoms with Crippen molar-refractivity contribution >= 4 is 11.6 Å². The average Bonchev–Trinajstić information content (AvgIpc) is 3.03. The number of hydrogen-bond acceptors (Lipinski definition) is 5. The van der Waals surface area contributed by atoms with Gasteiger partial charge in [-0.05, 0) is 24.6 Å². The molecule has 3 aromatic rings. The summed E-state index contributed by atoms with van der Waals surface area (Å²) in [5.41, 5.74) is -0.718. The summed E-state index contributed by atoms with van der Waals surface area (Å²) >= 11 is 0. The maximum atomic E-state index is 13.3. The molecule has 2 heterocycles. The second-order valence-corrected chi connectivity index (χ2v) is 5.80. The molecule has 0 atom stereocenters. The van der Waals surface area contributed by atoms with Crippen LogP contribution in [0.15, 0.2) is 24.3 Å². The molecule has 28 heavy (non-hydrogen) atoms. The highest BCUT2D eigenvalue weighted by molar-refractivity contribution is 5.47. The number of nitrogens with one attached hydrogen (secondary N) is 1. The molecule has 0 amide bonds. The topological polar surface area (TPSA) is 64.3 Å². The van der Waals surface area contributed by atoms with Gasteiger partial charge in [0.2, 0.25) is 0 Å². The molecule has 0 spiro atoms. The van der Waals surface area contributed by atoms with Crippen LogP contribution in [-0.4, -0.2) is 26.7 Å². The smallest absolute Gasteiger partial charge is 0.453 e. The van der Waals surface area contributed by atoms with Crippen LogP contribution in [0.25, 0.3) is 5.78 Å². The summed E-state index contributed by atoms with van der Waals surface area (Å²) in [5, 5.41) is 6.02. The minimum absolute atomic E-state index is 0.0226. The number of alkyl halides is 6. The molecule has 0 radical (unpaired) electrons. The Balaban J connectivity index is 1.97. The van der Waals surface area contributed by atoms with Crippen molar-refractivity contribution in [2.45, 2.75) is 25.8 Å². The van der Waals surface area contributed by atoms with E-state index < -0.39 is 23.7 Å². The number of anilines is 1. The average molecular weight is 405 g/mol. The lowest BCUT2D eigenvalue weighted by atomic mass is 10.1. The molecular weight excluding hydrogens is 392 g/mol. The highest BCUT2D eigenvalue weighted by Gasteiger charge is 2.37. The van der Waals surface area contributed by atoms with Crippen molar-refractivity contribution in [3.8, 4) is 5.75 Å². The molecule has 0 saturated carbocycles. The quantitative estimate of drug-likeness (QED) is 0.663. The van der Waals surface area contributed by atoms with E-state index in [1.165, 1.54) is 32.2 Å². The first-order valence-electron chi connectivity index (χ1n) is 7.78. The Kier molecular flexibility index (Phi) is 4.81. The van der Waals surface area contributed by atoms with Gasteiger partial charge in [0.15, 0.2) is 0 Å². The van der Waals surface area contributed by atoms with Crippen LogP contribution < -0.4 is 10.1 Å². The summed E-state index contributed by atoms with van der Waals surface area (Å²) in [5.74, 6) is -1.66. The lowest BCUT2D eigenvalue weighted by molar-refractivity contribution is -0.144. The van der Waals surface area contributed by atoms with Crippen LogP contribution in [0.3, 0.4) is 0 Å². The zero-order valence-electron chi connectivity index (χ0n) is 14.5. The lowest BCUT2D eigenvalue weighted by Gasteiger charge is -2.15. The van der Waals surface area contributed by atoms with E-state index in [-0.39, 0.29) is 29.5 Å². The van der Waals surface area contributed by atoms with E-state index >= 15 is 0 Å². The molecule has 0 bridgehead atoms. The zero-order chi connectivity index (χ0) is 20.7. The lowest BCUT2D eigenvalue weighted by Crippen LogP contribution is -2.14. The predicted molar refractivity (Wildman–Crippen MR) is 85.8 cm³/mol. The highest BCUT2D eigenvalue weighted by Crippen LogP contribution is 2.35. The third-order valence-electron chi connectivity index (χ3n) is 3.78. The fourth-order valence-corrected chi connectivity index (χ4v) is 2.52. The molecule has 0 unspecified atom stereocenters. The zero-order valence-corrected chi connectivity index (χ0v) is 14.5. The largest absolute Gasteiger partial charge is 0.497 e. The van der Waals surface area contributed by atoms with E-state index in [4.69, 9.17) is 4.74 Å². The van der Waals surface area contributed by atoms with Crippen molar-refractivity contribution in [3.63, 3.8) is 0 Å². The molecule has 6 nitrogen and oxygen atoms in total. The van der Waals surface area contributed by atoms with Crippen LogP contribution >= 0.6 is 0 Å².